The van der Waals surface area contributed by atoms with Gasteiger partial charge in [0.05, 0.1) is 0 Å². The molecule has 0 aliphatic carbocycles. The highest BCUT2D eigenvalue weighted by Gasteiger charge is 2.03. The smallest absolute Gasteiger partial charge is 0.123 e. The first-order valence-corrected chi connectivity index (χ1v) is 3.74. The fourth-order valence-corrected chi connectivity index (χ4v) is 1.51. The Hall–Kier alpha value is -0.580. The summed E-state index contributed by atoms with van der Waals surface area (Å²) in [6.07, 6.45) is 0. The quantitative estimate of drug-likeness (QED) is 0.480. The Morgan fingerprint density at radius 2 is 2.27 bits per heavy atom. The average Bonchev–Trinajstić information content (AvgIpc) is 2.33. The van der Waals surface area contributed by atoms with E-state index in [9.17, 15) is 0 Å². The maximum absolute atomic E-state index is 7.13. The van der Waals surface area contributed by atoms with Crippen LogP contribution in [0.2, 0.25) is 0 Å². The molecule has 0 aliphatic heterocycles. The summed E-state index contributed by atoms with van der Waals surface area (Å²) in [6, 6.07) is 1.81. The Balaban J connectivity index is 0.000001000. The molecule has 62 valence electrons. The highest BCUT2D eigenvalue weighted by molar-refractivity contribution is 7.10. The van der Waals surface area contributed by atoms with Gasteiger partial charge in [-0.15, -0.1) is 23.7 Å². The van der Waals surface area contributed by atoms with Gasteiger partial charge in [0.25, 0.3) is 0 Å². The van der Waals surface area contributed by atoms with E-state index in [1.54, 1.807) is 0 Å². The summed E-state index contributed by atoms with van der Waals surface area (Å²) in [5.41, 5.74) is 11.4. The number of nitrogens with one attached hydrogen (secondary N) is 1. The SMILES string of the molecule is Cl.N=C(N)c1ccsc1CN. The third-order valence-electron chi connectivity index (χ3n) is 1.22. The van der Waals surface area contributed by atoms with E-state index in [-0.39, 0.29) is 18.2 Å². The summed E-state index contributed by atoms with van der Waals surface area (Å²) >= 11 is 1.53. The normalized spacial score (nSPS) is 8.82. The van der Waals surface area contributed by atoms with E-state index in [0.717, 1.165) is 10.4 Å². The molecule has 0 aromatic carbocycles. The second kappa shape index (κ2) is 4.33. The minimum absolute atomic E-state index is 0. The van der Waals surface area contributed by atoms with Crippen molar-refractivity contribution in [2.75, 3.05) is 0 Å². The molecular weight excluding hydrogens is 182 g/mol. The largest absolute Gasteiger partial charge is 0.384 e. The number of amidine groups is 1. The zero-order valence-corrected chi connectivity index (χ0v) is 7.47. The Kier molecular flexibility index (Phi) is 4.10. The lowest BCUT2D eigenvalue weighted by Crippen LogP contribution is -2.13. The fourth-order valence-electron chi connectivity index (χ4n) is 0.739. The fraction of sp³-hybridized carbons (Fsp3) is 0.167. The minimum Gasteiger partial charge on any atom is -0.384 e. The Morgan fingerprint density at radius 3 is 2.64 bits per heavy atom. The maximum Gasteiger partial charge on any atom is 0.123 e. The van der Waals surface area contributed by atoms with Crippen molar-refractivity contribution >= 4 is 29.6 Å². The third-order valence-corrected chi connectivity index (χ3v) is 2.16. The summed E-state index contributed by atoms with van der Waals surface area (Å²) in [7, 11) is 0. The molecular formula is C6H10ClN3S. The van der Waals surface area contributed by atoms with Crippen LogP contribution in [0.1, 0.15) is 10.4 Å². The number of hydrogen-bond donors (Lipinski definition) is 3. The van der Waals surface area contributed by atoms with Gasteiger partial charge in [0.15, 0.2) is 0 Å². The number of nitrogen functional groups attached to an aromatic ring is 1. The van der Waals surface area contributed by atoms with Crippen LogP contribution < -0.4 is 11.5 Å². The molecule has 3 nitrogen and oxygen atoms in total. The van der Waals surface area contributed by atoms with Crippen LogP contribution in [0, 0.1) is 5.41 Å². The van der Waals surface area contributed by atoms with Crippen LogP contribution in [0.15, 0.2) is 11.4 Å². The van der Waals surface area contributed by atoms with E-state index in [2.05, 4.69) is 0 Å². The van der Waals surface area contributed by atoms with Gasteiger partial charge >= 0.3 is 0 Å². The second-order valence-electron chi connectivity index (χ2n) is 1.88. The van der Waals surface area contributed by atoms with Gasteiger partial charge in [0.1, 0.15) is 5.84 Å². The van der Waals surface area contributed by atoms with Crippen molar-refractivity contribution in [1.29, 1.82) is 5.41 Å². The molecule has 0 saturated heterocycles. The van der Waals surface area contributed by atoms with Crippen LogP contribution in [-0.2, 0) is 6.54 Å². The van der Waals surface area contributed by atoms with Gasteiger partial charge in [-0.25, -0.2) is 0 Å². The van der Waals surface area contributed by atoms with E-state index < -0.39 is 0 Å². The summed E-state index contributed by atoms with van der Waals surface area (Å²) in [6.45, 7) is 0.465. The average molecular weight is 192 g/mol. The van der Waals surface area contributed by atoms with Crippen LogP contribution in [0.4, 0.5) is 0 Å². The lowest BCUT2D eigenvalue weighted by molar-refractivity contribution is 1.10. The van der Waals surface area contributed by atoms with E-state index in [4.69, 9.17) is 16.9 Å². The molecule has 0 atom stereocenters. The van der Waals surface area contributed by atoms with Gasteiger partial charge in [-0.3, -0.25) is 5.41 Å². The summed E-state index contributed by atoms with van der Waals surface area (Å²) in [5, 5.41) is 9.01. The first kappa shape index (κ1) is 10.4. The van der Waals surface area contributed by atoms with Crippen molar-refractivity contribution in [2.24, 2.45) is 11.5 Å². The monoisotopic (exact) mass is 191 g/mol. The zero-order valence-electron chi connectivity index (χ0n) is 5.83. The van der Waals surface area contributed by atoms with Gasteiger partial charge < -0.3 is 11.5 Å². The number of rotatable bonds is 2. The van der Waals surface area contributed by atoms with Crippen molar-refractivity contribution in [3.8, 4) is 0 Å². The van der Waals surface area contributed by atoms with E-state index in [1.807, 2.05) is 11.4 Å². The molecule has 1 heterocycles. The molecule has 1 aromatic rings. The molecule has 0 aliphatic rings. The number of hydrogen-bond acceptors (Lipinski definition) is 3. The van der Waals surface area contributed by atoms with Crippen molar-refractivity contribution in [1.82, 2.24) is 0 Å². The third kappa shape index (κ3) is 2.18. The molecule has 0 spiro atoms. The van der Waals surface area contributed by atoms with Crippen LogP contribution >= 0.6 is 23.7 Å². The van der Waals surface area contributed by atoms with E-state index in [0.29, 0.717) is 6.54 Å². The molecule has 0 unspecified atom stereocenters. The van der Waals surface area contributed by atoms with Crippen molar-refractivity contribution in [3.05, 3.63) is 21.9 Å². The molecule has 5 N–H and O–H groups in total. The molecule has 0 fully saturated rings. The first-order valence-electron chi connectivity index (χ1n) is 2.86. The van der Waals surface area contributed by atoms with Gasteiger partial charge in [-0.2, -0.15) is 0 Å². The first-order chi connectivity index (χ1) is 4.75. The van der Waals surface area contributed by atoms with Crippen molar-refractivity contribution in [3.63, 3.8) is 0 Å². The number of halogens is 1. The lowest BCUT2D eigenvalue weighted by Gasteiger charge is -1.95. The minimum atomic E-state index is 0. The van der Waals surface area contributed by atoms with Crippen LogP contribution in [0.25, 0.3) is 0 Å². The molecule has 0 saturated carbocycles. The number of thiophene rings is 1. The number of nitrogens with two attached hydrogens (primary N) is 2. The van der Waals surface area contributed by atoms with Gasteiger partial charge in [-0.1, -0.05) is 0 Å². The van der Waals surface area contributed by atoms with Gasteiger partial charge in [0.2, 0.25) is 0 Å². The Labute approximate surface area is 75.3 Å². The zero-order chi connectivity index (χ0) is 7.56. The summed E-state index contributed by atoms with van der Waals surface area (Å²) in [5.74, 6) is 0.0988. The predicted octanol–water partition coefficient (Wildman–Crippen LogP) is 0.913. The highest BCUT2D eigenvalue weighted by Crippen LogP contribution is 2.14. The topological polar surface area (TPSA) is 75.9 Å². The molecule has 11 heavy (non-hydrogen) atoms. The predicted molar refractivity (Wildman–Crippen MR) is 50.5 cm³/mol. The molecule has 5 heteroatoms. The standard InChI is InChI=1S/C6H9N3S.ClH/c7-3-5-4(6(8)9)1-2-10-5;/h1-2H,3,7H2,(H3,8,9);1H. The van der Waals surface area contributed by atoms with Crippen LogP contribution in [-0.4, -0.2) is 5.84 Å². The Morgan fingerprint density at radius 1 is 1.64 bits per heavy atom. The molecule has 1 aromatic heterocycles. The maximum atomic E-state index is 7.13. The molecule has 0 bridgehead atoms. The highest BCUT2D eigenvalue weighted by atomic mass is 35.5. The van der Waals surface area contributed by atoms with E-state index >= 15 is 0 Å². The summed E-state index contributed by atoms with van der Waals surface area (Å²) < 4.78 is 0. The van der Waals surface area contributed by atoms with Crippen molar-refractivity contribution in [2.45, 2.75) is 6.54 Å². The summed E-state index contributed by atoms with van der Waals surface area (Å²) in [4.78, 5) is 0.979. The van der Waals surface area contributed by atoms with Gasteiger partial charge in [0, 0.05) is 17.0 Å². The molecule has 1 rings (SSSR count). The second-order valence-corrected chi connectivity index (χ2v) is 2.88. The Bertz CT molecular complexity index is 246. The van der Waals surface area contributed by atoms with Gasteiger partial charge in [-0.05, 0) is 11.4 Å². The molecule has 0 radical (unpaired) electrons. The van der Waals surface area contributed by atoms with Crippen LogP contribution in [0.5, 0.6) is 0 Å². The lowest BCUT2D eigenvalue weighted by atomic mass is 10.2. The van der Waals surface area contributed by atoms with Crippen molar-refractivity contribution < 1.29 is 0 Å². The van der Waals surface area contributed by atoms with E-state index in [1.165, 1.54) is 11.3 Å². The van der Waals surface area contributed by atoms with Crippen LogP contribution in [0.3, 0.4) is 0 Å². The molecule has 0 amide bonds.